The van der Waals surface area contributed by atoms with E-state index in [-0.39, 0.29) is 29.3 Å². The fourth-order valence-electron chi connectivity index (χ4n) is 4.77. The molecule has 4 rings (SSSR count). The second-order valence-corrected chi connectivity index (χ2v) is 11.4. The summed E-state index contributed by atoms with van der Waals surface area (Å²) in [4.78, 5) is 15.7. The van der Waals surface area contributed by atoms with Crippen molar-refractivity contribution >= 4 is 21.6 Å². The van der Waals surface area contributed by atoms with Gasteiger partial charge in [0.25, 0.3) is 0 Å². The van der Waals surface area contributed by atoms with Crippen LogP contribution in [0.4, 0.5) is 5.69 Å². The maximum Gasteiger partial charge on any atom is 0.243 e. The van der Waals surface area contributed by atoms with Crippen molar-refractivity contribution in [3.8, 4) is 0 Å². The van der Waals surface area contributed by atoms with Crippen molar-refractivity contribution in [3.05, 3.63) is 60.2 Å². The monoisotopic (exact) mass is 469 g/mol. The molecule has 2 heterocycles. The molecule has 0 aromatic heterocycles. The van der Waals surface area contributed by atoms with E-state index in [0.717, 1.165) is 24.6 Å². The average Bonchev–Trinajstić information content (AvgIpc) is 2.85. The number of hydrogen-bond acceptors (Lipinski definition) is 4. The van der Waals surface area contributed by atoms with Gasteiger partial charge in [0, 0.05) is 31.9 Å². The highest BCUT2D eigenvalue weighted by atomic mass is 32.2. The first-order valence-electron chi connectivity index (χ1n) is 12.0. The minimum Gasteiger partial charge on any atom is -0.372 e. The summed E-state index contributed by atoms with van der Waals surface area (Å²) in [6.45, 7) is 7.16. The van der Waals surface area contributed by atoms with E-state index in [4.69, 9.17) is 0 Å². The number of amides is 1. The fraction of sp³-hybridized carbons (Fsp3) is 0.500. The van der Waals surface area contributed by atoms with Gasteiger partial charge in [-0.3, -0.25) is 4.79 Å². The van der Waals surface area contributed by atoms with E-state index in [1.807, 2.05) is 6.92 Å². The van der Waals surface area contributed by atoms with E-state index in [1.54, 1.807) is 30.3 Å². The van der Waals surface area contributed by atoms with Gasteiger partial charge >= 0.3 is 0 Å². The number of sulfonamides is 1. The standard InChI is InChI=1S/C26H35N3O3S/c1-20-14-17-28(18-15-20)24-12-10-22(11-13-24)21(2)27-26(30)23-7-6-16-29(19-23)33(31,32)25-8-4-3-5-9-25/h3-5,8-13,20-21,23H,6-7,14-19H2,1-2H3,(H,27,30). The topological polar surface area (TPSA) is 69.7 Å². The highest BCUT2D eigenvalue weighted by molar-refractivity contribution is 7.89. The summed E-state index contributed by atoms with van der Waals surface area (Å²) in [5, 5.41) is 3.11. The predicted octanol–water partition coefficient (Wildman–Crippen LogP) is 4.20. The molecule has 0 saturated carbocycles. The second kappa shape index (κ2) is 10.3. The normalized spacial score (nSPS) is 21.5. The van der Waals surface area contributed by atoms with Crippen LogP contribution >= 0.6 is 0 Å². The fourth-order valence-corrected chi connectivity index (χ4v) is 6.32. The summed E-state index contributed by atoms with van der Waals surface area (Å²) in [5.74, 6) is 0.382. The highest BCUT2D eigenvalue weighted by Gasteiger charge is 2.33. The number of piperidine rings is 2. The zero-order valence-electron chi connectivity index (χ0n) is 19.6. The third kappa shape index (κ3) is 5.58. The molecular formula is C26H35N3O3S. The Morgan fingerprint density at radius 2 is 1.64 bits per heavy atom. The third-order valence-electron chi connectivity index (χ3n) is 7.04. The van der Waals surface area contributed by atoms with Crippen molar-refractivity contribution in [2.24, 2.45) is 11.8 Å². The lowest BCUT2D eigenvalue weighted by molar-refractivity contribution is -0.126. The quantitative estimate of drug-likeness (QED) is 0.688. The lowest BCUT2D eigenvalue weighted by Crippen LogP contribution is -2.45. The molecule has 2 aromatic carbocycles. The van der Waals surface area contributed by atoms with Gasteiger partial charge in [0.1, 0.15) is 0 Å². The SMILES string of the molecule is CC1CCN(c2ccc(C(C)NC(=O)C3CCCN(S(=O)(=O)c4ccccc4)C3)cc2)CC1. The molecule has 2 unspecified atom stereocenters. The molecule has 6 nitrogen and oxygen atoms in total. The summed E-state index contributed by atoms with van der Waals surface area (Å²) in [5.41, 5.74) is 2.29. The van der Waals surface area contributed by atoms with E-state index in [9.17, 15) is 13.2 Å². The Morgan fingerprint density at radius 1 is 0.970 bits per heavy atom. The van der Waals surface area contributed by atoms with Crippen LogP contribution in [0.25, 0.3) is 0 Å². The molecule has 2 fully saturated rings. The van der Waals surface area contributed by atoms with Crippen molar-refractivity contribution in [2.75, 3.05) is 31.1 Å². The van der Waals surface area contributed by atoms with Gasteiger partial charge in [0.05, 0.1) is 16.9 Å². The molecule has 33 heavy (non-hydrogen) atoms. The van der Waals surface area contributed by atoms with Crippen LogP contribution in [-0.2, 0) is 14.8 Å². The number of benzene rings is 2. The van der Waals surface area contributed by atoms with Gasteiger partial charge in [-0.05, 0) is 68.4 Å². The molecule has 0 aliphatic carbocycles. The molecule has 0 radical (unpaired) electrons. The molecule has 7 heteroatoms. The summed E-state index contributed by atoms with van der Waals surface area (Å²) < 4.78 is 27.4. The van der Waals surface area contributed by atoms with Crippen LogP contribution in [0.5, 0.6) is 0 Å². The molecule has 2 aliphatic heterocycles. The molecule has 1 amide bonds. The van der Waals surface area contributed by atoms with Gasteiger partial charge in [-0.15, -0.1) is 0 Å². The smallest absolute Gasteiger partial charge is 0.243 e. The molecule has 0 spiro atoms. The molecule has 1 N–H and O–H groups in total. The highest BCUT2D eigenvalue weighted by Crippen LogP contribution is 2.26. The largest absolute Gasteiger partial charge is 0.372 e. The number of nitrogens with zero attached hydrogens (tertiary/aromatic N) is 2. The summed E-state index contributed by atoms with van der Waals surface area (Å²) in [6, 6.07) is 16.8. The minimum absolute atomic E-state index is 0.0791. The number of anilines is 1. The zero-order valence-corrected chi connectivity index (χ0v) is 20.4. The Bertz CT molecular complexity index is 1030. The van der Waals surface area contributed by atoms with Crippen molar-refractivity contribution < 1.29 is 13.2 Å². The first-order chi connectivity index (χ1) is 15.8. The van der Waals surface area contributed by atoms with Crippen molar-refractivity contribution in [2.45, 2.75) is 50.5 Å². The van der Waals surface area contributed by atoms with Crippen LogP contribution < -0.4 is 10.2 Å². The van der Waals surface area contributed by atoms with Gasteiger partial charge in [0.15, 0.2) is 0 Å². The molecule has 2 aromatic rings. The number of rotatable bonds is 6. The molecule has 2 atom stereocenters. The Balaban J connectivity index is 1.35. The van der Waals surface area contributed by atoms with Crippen LogP contribution in [0, 0.1) is 11.8 Å². The van der Waals surface area contributed by atoms with Gasteiger partial charge in [0.2, 0.25) is 15.9 Å². The molecule has 2 aliphatic rings. The lowest BCUT2D eigenvalue weighted by atomic mass is 9.97. The Labute approximate surface area is 198 Å². The van der Waals surface area contributed by atoms with Gasteiger partial charge in [-0.1, -0.05) is 37.3 Å². The minimum atomic E-state index is -3.58. The maximum atomic E-state index is 13.0. The number of carbonyl (C=O) groups is 1. The Kier molecular flexibility index (Phi) is 7.39. The number of nitrogens with one attached hydrogen (secondary N) is 1. The predicted molar refractivity (Wildman–Crippen MR) is 132 cm³/mol. The van der Waals surface area contributed by atoms with Crippen LogP contribution in [0.1, 0.15) is 51.1 Å². The van der Waals surface area contributed by atoms with E-state index in [1.165, 1.54) is 22.8 Å². The average molecular weight is 470 g/mol. The van der Waals surface area contributed by atoms with E-state index in [0.29, 0.717) is 19.4 Å². The van der Waals surface area contributed by atoms with E-state index < -0.39 is 10.0 Å². The van der Waals surface area contributed by atoms with Crippen molar-refractivity contribution in [3.63, 3.8) is 0 Å². The molecule has 0 bridgehead atoms. The first kappa shape index (κ1) is 23.8. The Morgan fingerprint density at radius 3 is 2.30 bits per heavy atom. The van der Waals surface area contributed by atoms with E-state index in [2.05, 4.69) is 41.4 Å². The van der Waals surface area contributed by atoms with Crippen LogP contribution in [0.3, 0.4) is 0 Å². The maximum absolute atomic E-state index is 13.0. The molecule has 178 valence electrons. The summed E-state index contributed by atoms with van der Waals surface area (Å²) >= 11 is 0. The summed E-state index contributed by atoms with van der Waals surface area (Å²) in [7, 11) is -3.58. The zero-order chi connectivity index (χ0) is 23.4. The second-order valence-electron chi connectivity index (χ2n) is 9.51. The molecule has 2 saturated heterocycles. The van der Waals surface area contributed by atoms with Gasteiger partial charge < -0.3 is 10.2 Å². The van der Waals surface area contributed by atoms with Crippen LogP contribution in [-0.4, -0.2) is 44.8 Å². The summed E-state index contributed by atoms with van der Waals surface area (Å²) in [6.07, 6.45) is 3.84. The number of carbonyl (C=O) groups excluding carboxylic acids is 1. The number of hydrogen-bond donors (Lipinski definition) is 1. The van der Waals surface area contributed by atoms with Crippen molar-refractivity contribution in [1.29, 1.82) is 0 Å². The lowest BCUT2D eigenvalue weighted by Gasteiger charge is -2.32. The van der Waals surface area contributed by atoms with E-state index >= 15 is 0 Å². The van der Waals surface area contributed by atoms with Crippen LogP contribution in [0.2, 0.25) is 0 Å². The third-order valence-corrected chi connectivity index (χ3v) is 8.92. The van der Waals surface area contributed by atoms with Gasteiger partial charge in [-0.25, -0.2) is 8.42 Å². The Hall–Kier alpha value is -2.38. The first-order valence-corrected chi connectivity index (χ1v) is 13.5. The molecular weight excluding hydrogens is 434 g/mol. The van der Waals surface area contributed by atoms with Crippen LogP contribution in [0.15, 0.2) is 59.5 Å². The van der Waals surface area contributed by atoms with Crippen molar-refractivity contribution in [1.82, 2.24) is 9.62 Å². The van der Waals surface area contributed by atoms with Gasteiger partial charge in [-0.2, -0.15) is 4.31 Å².